The first-order valence-electron chi connectivity index (χ1n) is 5.77. The molecule has 6 heteroatoms. The monoisotopic (exact) mass is 297 g/mol. The van der Waals surface area contributed by atoms with Crippen LogP contribution < -0.4 is 0 Å². The lowest BCUT2D eigenvalue weighted by atomic mass is 10.0. The van der Waals surface area contributed by atoms with Gasteiger partial charge in [-0.15, -0.1) is 0 Å². The molecule has 0 saturated heterocycles. The highest BCUT2D eigenvalue weighted by Gasteiger charge is 2.72. The van der Waals surface area contributed by atoms with Gasteiger partial charge < -0.3 is 4.79 Å². The summed E-state index contributed by atoms with van der Waals surface area (Å²) in [5, 5.41) is 8.77. The summed E-state index contributed by atoms with van der Waals surface area (Å²) in [6, 6.07) is 8.44. The predicted octanol–water partition coefficient (Wildman–Crippen LogP) is 1.95. The fraction of sp³-hybridized carbons (Fsp3) is 0.385. The zero-order chi connectivity index (χ0) is 14.3. The molecule has 0 aromatic heterocycles. The zero-order valence-electron chi connectivity index (χ0n) is 10.2. The Hall–Kier alpha value is -1.38. The summed E-state index contributed by atoms with van der Waals surface area (Å²) < 4.78 is 24.0. The van der Waals surface area contributed by atoms with Gasteiger partial charge in [0, 0.05) is 16.7 Å². The minimum Gasteiger partial charge on any atom is -0.302 e. The average molecular weight is 298 g/mol. The van der Waals surface area contributed by atoms with Gasteiger partial charge >= 0.3 is 0 Å². The fourth-order valence-electron chi connectivity index (χ4n) is 2.48. The molecule has 0 spiro atoms. The third kappa shape index (κ3) is 2.05. The molecule has 0 amide bonds. The molecule has 0 N–H and O–H groups in total. The Morgan fingerprint density at radius 3 is 2.42 bits per heavy atom. The van der Waals surface area contributed by atoms with Crippen molar-refractivity contribution in [2.45, 2.75) is 18.1 Å². The third-order valence-electron chi connectivity index (χ3n) is 3.59. The van der Waals surface area contributed by atoms with Crippen LogP contribution in [0.4, 0.5) is 0 Å². The highest BCUT2D eigenvalue weighted by Crippen LogP contribution is 2.61. The molecular weight excluding hydrogens is 286 g/mol. The second kappa shape index (κ2) is 4.62. The number of hydrogen-bond donors (Lipinski definition) is 0. The molecule has 19 heavy (non-hydrogen) atoms. The van der Waals surface area contributed by atoms with Gasteiger partial charge in [0.25, 0.3) is 0 Å². The number of hydrogen-bond acceptors (Lipinski definition) is 4. The lowest BCUT2D eigenvalue weighted by molar-refractivity contribution is -0.110. The molecule has 0 aliphatic heterocycles. The number of sulfone groups is 1. The van der Waals surface area contributed by atoms with Crippen LogP contribution in [0.3, 0.4) is 0 Å². The van der Waals surface area contributed by atoms with Crippen LogP contribution in [0, 0.1) is 16.7 Å². The SMILES string of the molecule is CCS(=O)(=O)[C@@H]1[C@@H](c2ccc(Cl)cc2)[C@]1(C#N)C=O. The van der Waals surface area contributed by atoms with Crippen LogP contribution in [-0.4, -0.2) is 25.7 Å². The Balaban J connectivity index is 2.49. The Morgan fingerprint density at radius 2 is 2.00 bits per heavy atom. The molecule has 0 radical (unpaired) electrons. The maximum atomic E-state index is 12.0. The molecule has 1 aliphatic rings. The van der Waals surface area contributed by atoms with E-state index >= 15 is 0 Å². The molecule has 1 fully saturated rings. The number of rotatable bonds is 4. The Labute approximate surface area is 116 Å². The first-order valence-corrected chi connectivity index (χ1v) is 7.87. The molecule has 100 valence electrons. The van der Waals surface area contributed by atoms with E-state index in [0.717, 1.165) is 0 Å². The number of nitriles is 1. The van der Waals surface area contributed by atoms with Crippen molar-refractivity contribution in [1.82, 2.24) is 0 Å². The van der Waals surface area contributed by atoms with E-state index in [1.165, 1.54) is 6.92 Å². The molecule has 0 heterocycles. The van der Waals surface area contributed by atoms with Crippen LogP contribution in [0.5, 0.6) is 0 Å². The van der Waals surface area contributed by atoms with Crippen LogP contribution in [-0.2, 0) is 14.6 Å². The molecule has 1 aromatic rings. The van der Waals surface area contributed by atoms with Crippen molar-refractivity contribution in [1.29, 1.82) is 5.26 Å². The number of halogens is 1. The van der Waals surface area contributed by atoms with E-state index in [-0.39, 0.29) is 5.75 Å². The molecular formula is C13H12ClNO3S. The first-order chi connectivity index (χ1) is 8.93. The smallest absolute Gasteiger partial charge is 0.155 e. The summed E-state index contributed by atoms with van der Waals surface area (Å²) in [7, 11) is -3.45. The van der Waals surface area contributed by atoms with E-state index in [1.807, 2.05) is 6.07 Å². The minimum atomic E-state index is -3.45. The molecule has 1 aromatic carbocycles. The second-order valence-corrected chi connectivity index (χ2v) is 7.41. The van der Waals surface area contributed by atoms with Crippen LogP contribution in [0.25, 0.3) is 0 Å². The Kier molecular flexibility index (Phi) is 3.41. The Bertz CT molecular complexity index is 647. The van der Waals surface area contributed by atoms with Gasteiger partial charge in [-0.1, -0.05) is 30.7 Å². The Morgan fingerprint density at radius 1 is 1.42 bits per heavy atom. The van der Waals surface area contributed by atoms with Crippen LogP contribution in [0.1, 0.15) is 18.4 Å². The van der Waals surface area contributed by atoms with Gasteiger partial charge in [0.15, 0.2) is 9.84 Å². The molecule has 1 saturated carbocycles. The van der Waals surface area contributed by atoms with E-state index in [2.05, 4.69) is 0 Å². The summed E-state index contributed by atoms with van der Waals surface area (Å²) >= 11 is 5.78. The van der Waals surface area contributed by atoms with Gasteiger partial charge in [0.05, 0.1) is 11.3 Å². The van der Waals surface area contributed by atoms with E-state index in [0.29, 0.717) is 16.9 Å². The van der Waals surface area contributed by atoms with Gasteiger partial charge in [-0.25, -0.2) is 8.42 Å². The molecule has 0 unspecified atom stereocenters. The van der Waals surface area contributed by atoms with Gasteiger partial charge in [-0.05, 0) is 17.7 Å². The van der Waals surface area contributed by atoms with E-state index < -0.39 is 26.4 Å². The van der Waals surface area contributed by atoms with Crippen molar-refractivity contribution in [2.24, 2.45) is 5.41 Å². The molecule has 3 atom stereocenters. The lowest BCUT2D eigenvalue weighted by Gasteiger charge is -2.00. The quantitative estimate of drug-likeness (QED) is 0.796. The fourth-order valence-corrected chi connectivity index (χ4v) is 4.53. The summed E-state index contributed by atoms with van der Waals surface area (Å²) in [6.45, 7) is 1.51. The van der Waals surface area contributed by atoms with Gasteiger partial charge in [-0.3, -0.25) is 0 Å². The normalized spacial score (nSPS) is 29.5. The minimum absolute atomic E-state index is 0.0843. The molecule has 1 aliphatic carbocycles. The largest absolute Gasteiger partial charge is 0.302 e. The zero-order valence-corrected chi connectivity index (χ0v) is 11.8. The van der Waals surface area contributed by atoms with Crippen molar-refractivity contribution >= 4 is 27.7 Å². The third-order valence-corrected chi connectivity index (χ3v) is 6.08. The van der Waals surface area contributed by atoms with E-state index in [1.54, 1.807) is 24.3 Å². The van der Waals surface area contributed by atoms with Crippen molar-refractivity contribution in [3.05, 3.63) is 34.9 Å². The van der Waals surface area contributed by atoms with E-state index in [9.17, 15) is 18.5 Å². The number of aldehydes is 1. The van der Waals surface area contributed by atoms with Gasteiger partial charge in [-0.2, -0.15) is 5.26 Å². The predicted molar refractivity (Wildman–Crippen MR) is 71.6 cm³/mol. The van der Waals surface area contributed by atoms with Crippen LogP contribution in [0.15, 0.2) is 24.3 Å². The molecule has 4 nitrogen and oxygen atoms in total. The number of carbonyl (C=O) groups excluding carboxylic acids is 1. The topological polar surface area (TPSA) is 75.0 Å². The summed E-state index contributed by atoms with van der Waals surface area (Å²) in [5.41, 5.74) is -0.803. The van der Waals surface area contributed by atoms with Crippen molar-refractivity contribution < 1.29 is 13.2 Å². The second-order valence-electron chi connectivity index (χ2n) is 4.56. The summed E-state index contributed by atoms with van der Waals surface area (Å²) in [6.07, 6.45) is 0.462. The summed E-state index contributed by atoms with van der Waals surface area (Å²) in [5.74, 6) is -0.684. The summed E-state index contributed by atoms with van der Waals surface area (Å²) in [4.78, 5) is 11.2. The van der Waals surface area contributed by atoms with Crippen molar-refractivity contribution in [3.63, 3.8) is 0 Å². The van der Waals surface area contributed by atoms with E-state index in [4.69, 9.17) is 11.6 Å². The van der Waals surface area contributed by atoms with Crippen LogP contribution >= 0.6 is 11.6 Å². The average Bonchev–Trinajstić information content (AvgIpc) is 3.10. The number of benzene rings is 1. The highest BCUT2D eigenvalue weighted by atomic mass is 35.5. The first kappa shape index (κ1) is 14.0. The lowest BCUT2D eigenvalue weighted by Crippen LogP contribution is -2.17. The maximum absolute atomic E-state index is 12.0. The highest BCUT2D eigenvalue weighted by molar-refractivity contribution is 7.92. The van der Waals surface area contributed by atoms with Gasteiger partial charge in [0.2, 0.25) is 0 Å². The molecule has 2 rings (SSSR count). The standard InChI is InChI=1S/C13H12ClNO3S/c1-2-19(17,18)12-11(13(12,7-15)8-16)9-3-5-10(14)6-4-9/h3-6,8,11-12H,2H2,1H3/t11-,12-,13+/m1/s1. The van der Waals surface area contributed by atoms with Crippen LogP contribution in [0.2, 0.25) is 5.02 Å². The number of nitrogens with zero attached hydrogens (tertiary/aromatic N) is 1. The van der Waals surface area contributed by atoms with Gasteiger partial charge in [0.1, 0.15) is 11.7 Å². The van der Waals surface area contributed by atoms with Crippen molar-refractivity contribution in [2.75, 3.05) is 5.75 Å². The number of carbonyl (C=O) groups is 1. The maximum Gasteiger partial charge on any atom is 0.155 e. The molecule has 0 bridgehead atoms. The van der Waals surface area contributed by atoms with Crippen molar-refractivity contribution in [3.8, 4) is 6.07 Å².